The summed E-state index contributed by atoms with van der Waals surface area (Å²) in [5, 5.41) is 1.61. The average Bonchev–Trinajstić information content (AvgIpc) is 2.55. The van der Waals surface area contributed by atoms with Gasteiger partial charge in [-0.2, -0.15) is 4.31 Å². The Bertz CT molecular complexity index is 752. The Kier molecular flexibility index (Phi) is 5.43. The number of carbonyl (C=O) groups excluding carboxylic acids is 1. The third-order valence-electron chi connectivity index (χ3n) is 3.90. The van der Waals surface area contributed by atoms with Gasteiger partial charge in [0.1, 0.15) is 5.75 Å². The molecule has 0 saturated carbocycles. The molecule has 0 radical (unpaired) electrons. The molecule has 1 heterocycles. The minimum absolute atomic E-state index is 0.134. The van der Waals surface area contributed by atoms with Crippen LogP contribution in [0.2, 0.25) is 0 Å². The molecule has 9 heteroatoms. The van der Waals surface area contributed by atoms with Crippen molar-refractivity contribution < 1.29 is 21.6 Å². The molecular weight excluding hydrogens is 340 g/mol. The minimum Gasteiger partial charge on any atom is -0.358 e. The lowest BCUT2D eigenvalue weighted by Crippen LogP contribution is -2.44. The molecule has 7 nitrogen and oxygen atoms in total. The van der Waals surface area contributed by atoms with Gasteiger partial charge in [-0.3, -0.25) is 4.79 Å². The highest BCUT2D eigenvalue weighted by Crippen LogP contribution is 2.24. The molecule has 0 unspecified atom stereocenters. The summed E-state index contributed by atoms with van der Waals surface area (Å²) in [6.07, 6.45) is 0.400. The SMILES string of the molecule is CNC(=O)CS(=O)(=O)C1CCN(S(=O)(=O)c2ccccc2)CC1. The van der Waals surface area contributed by atoms with Crippen LogP contribution in [-0.2, 0) is 24.7 Å². The van der Waals surface area contributed by atoms with E-state index in [1.54, 1.807) is 18.2 Å². The fraction of sp³-hybridized carbons (Fsp3) is 0.500. The minimum atomic E-state index is -3.60. The predicted molar refractivity (Wildman–Crippen MR) is 86.1 cm³/mol. The van der Waals surface area contributed by atoms with Gasteiger partial charge in [0.25, 0.3) is 0 Å². The van der Waals surface area contributed by atoms with Crippen molar-refractivity contribution in [1.29, 1.82) is 0 Å². The summed E-state index contributed by atoms with van der Waals surface area (Å²) in [7, 11) is -5.78. The summed E-state index contributed by atoms with van der Waals surface area (Å²) >= 11 is 0. The second-order valence-corrected chi connectivity index (χ2v) is 9.62. The van der Waals surface area contributed by atoms with Gasteiger partial charge < -0.3 is 5.32 Å². The number of rotatable bonds is 5. The maximum absolute atomic E-state index is 12.5. The molecular formula is C14H20N2O5S2. The van der Waals surface area contributed by atoms with E-state index < -0.39 is 36.8 Å². The lowest BCUT2D eigenvalue weighted by molar-refractivity contribution is -0.118. The first-order valence-electron chi connectivity index (χ1n) is 7.25. The van der Waals surface area contributed by atoms with Gasteiger partial charge in [-0.25, -0.2) is 16.8 Å². The zero-order chi connectivity index (χ0) is 17.1. The molecule has 0 spiro atoms. The molecule has 128 valence electrons. The summed E-state index contributed by atoms with van der Waals surface area (Å²) in [6.45, 7) is 0.268. The number of hydrogen-bond acceptors (Lipinski definition) is 5. The maximum Gasteiger partial charge on any atom is 0.243 e. The van der Waals surface area contributed by atoms with Gasteiger partial charge in [0.05, 0.1) is 10.1 Å². The lowest BCUT2D eigenvalue weighted by Gasteiger charge is -2.30. The largest absolute Gasteiger partial charge is 0.358 e. The van der Waals surface area contributed by atoms with Crippen molar-refractivity contribution in [2.75, 3.05) is 25.9 Å². The Morgan fingerprint density at radius 3 is 2.22 bits per heavy atom. The molecule has 2 rings (SSSR count). The van der Waals surface area contributed by atoms with Gasteiger partial charge in [0, 0.05) is 20.1 Å². The fourth-order valence-corrected chi connectivity index (χ4v) is 5.71. The van der Waals surface area contributed by atoms with E-state index in [9.17, 15) is 21.6 Å². The van der Waals surface area contributed by atoms with E-state index in [0.717, 1.165) is 0 Å². The number of sulfonamides is 1. The molecule has 1 amide bonds. The third kappa shape index (κ3) is 4.10. The van der Waals surface area contributed by atoms with E-state index in [-0.39, 0.29) is 30.8 Å². The third-order valence-corrected chi connectivity index (χ3v) is 7.97. The Balaban J connectivity index is 2.06. The molecule has 1 fully saturated rings. The summed E-state index contributed by atoms with van der Waals surface area (Å²) in [5.41, 5.74) is 0. The van der Waals surface area contributed by atoms with Gasteiger partial charge in [-0.15, -0.1) is 0 Å². The predicted octanol–water partition coefficient (Wildman–Crippen LogP) is 0.000500. The van der Waals surface area contributed by atoms with E-state index in [4.69, 9.17) is 0 Å². The number of sulfone groups is 1. The van der Waals surface area contributed by atoms with Crippen LogP contribution in [0.3, 0.4) is 0 Å². The van der Waals surface area contributed by atoms with E-state index in [1.165, 1.54) is 23.5 Å². The van der Waals surface area contributed by atoms with Gasteiger partial charge >= 0.3 is 0 Å². The zero-order valence-corrected chi connectivity index (χ0v) is 14.4. The van der Waals surface area contributed by atoms with E-state index in [2.05, 4.69) is 5.32 Å². The van der Waals surface area contributed by atoms with Gasteiger partial charge in [-0.05, 0) is 25.0 Å². The number of amides is 1. The maximum atomic E-state index is 12.5. The molecule has 0 aliphatic carbocycles. The van der Waals surface area contributed by atoms with E-state index >= 15 is 0 Å². The smallest absolute Gasteiger partial charge is 0.243 e. The molecule has 1 aromatic carbocycles. The second kappa shape index (κ2) is 6.98. The highest BCUT2D eigenvalue weighted by atomic mass is 32.2. The number of carbonyl (C=O) groups is 1. The van der Waals surface area contributed by atoms with Crippen molar-refractivity contribution in [2.24, 2.45) is 0 Å². The molecule has 0 aromatic heterocycles. The van der Waals surface area contributed by atoms with Crippen LogP contribution in [0.1, 0.15) is 12.8 Å². The summed E-state index contributed by atoms with van der Waals surface area (Å²) in [4.78, 5) is 11.5. The number of nitrogens with one attached hydrogen (secondary N) is 1. The molecule has 23 heavy (non-hydrogen) atoms. The Hall–Kier alpha value is -1.45. The number of benzene rings is 1. The van der Waals surface area contributed by atoms with Gasteiger partial charge in [0.2, 0.25) is 15.9 Å². The Morgan fingerprint density at radius 2 is 1.70 bits per heavy atom. The van der Waals surface area contributed by atoms with Crippen LogP contribution in [0.4, 0.5) is 0 Å². The van der Waals surface area contributed by atoms with Crippen molar-refractivity contribution in [1.82, 2.24) is 9.62 Å². The van der Waals surface area contributed by atoms with Crippen LogP contribution < -0.4 is 5.32 Å². The normalized spacial score (nSPS) is 17.8. The topological polar surface area (TPSA) is 101 Å². The van der Waals surface area contributed by atoms with Crippen LogP contribution in [-0.4, -0.2) is 58.2 Å². The quantitative estimate of drug-likeness (QED) is 0.797. The van der Waals surface area contributed by atoms with E-state index in [1.807, 2.05) is 0 Å². The molecule has 1 N–H and O–H groups in total. The number of nitrogens with zero attached hydrogens (tertiary/aromatic N) is 1. The van der Waals surface area contributed by atoms with Crippen molar-refractivity contribution in [3.8, 4) is 0 Å². The van der Waals surface area contributed by atoms with Crippen molar-refractivity contribution in [2.45, 2.75) is 23.0 Å². The lowest BCUT2D eigenvalue weighted by atomic mass is 10.2. The van der Waals surface area contributed by atoms with Crippen LogP contribution in [0.25, 0.3) is 0 Å². The Morgan fingerprint density at radius 1 is 1.13 bits per heavy atom. The first-order valence-corrected chi connectivity index (χ1v) is 10.4. The van der Waals surface area contributed by atoms with Crippen molar-refractivity contribution >= 4 is 25.8 Å². The van der Waals surface area contributed by atoms with Crippen LogP contribution in [0.5, 0.6) is 0 Å². The summed E-state index contributed by atoms with van der Waals surface area (Å²) in [6, 6.07) is 8.06. The molecule has 1 aromatic rings. The summed E-state index contributed by atoms with van der Waals surface area (Å²) in [5.74, 6) is -1.11. The molecule has 1 aliphatic heterocycles. The van der Waals surface area contributed by atoms with Crippen LogP contribution in [0.15, 0.2) is 35.2 Å². The molecule has 1 aliphatic rings. The van der Waals surface area contributed by atoms with Gasteiger partial charge in [0.15, 0.2) is 9.84 Å². The van der Waals surface area contributed by atoms with Crippen molar-refractivity contribution in [3.05, 3.63) is 30.3 Å². The van der Waals surface area contributed by atoms with Crippen LogP contribution in [0, 0.1) is 0 Å². The van der Waals surface area contributed by atoms with Crippen molar-refractivity contribution in [3.63, 3.8) is 0 Å². The van der Waals surface area contributed by atoms with Gasteiger partial charge in [-0.1, -0.05) is 18.2 Å². The zero-order valence-electron chi connectivity index (χ0n) is 12.8. The highest BCUT2D eigenvalue weighted by Gasteiger charge is 2.35. The molecule has 0 atom stereocenters. The first-order chi connectivity index (χ1) is 10.8. The molecule has 0 bridgehead atoms. The first kappa shape index (κ1) is 17.9. The number of hydrogen-bond donors (Lipinski definition) is 1. The highest BCUT2D eigenvalue weighted by molar-refractivity contribution is 7.92. The van der Waals surface area contributed by atoms with Crippen LogP contribution >= 0.6 is 0 Å². The Labute approximate surface area is 136 Å². The monoisotopic (exact) mass is 360 g/mol. The number of piperidine rings is 1. The fourth-order valence-electron chi connectivity index (χ4n) is 2.55. The average molecular weight is 360 g/mol. The standard InChI is InChI=1S/C14H20N2O5S2/c1-15-14(17)11-22(18,19)12-7-9-16(10-8-12)23(20,21)13-5-3-2-4-6-13/h2-6,12H,7-11H2,1H3,(H,15,17). The second-order valence-electron chi connectivity index (χ2n) is 5.40. The summed E-state index contributed by atoms with van der Waals surface area (Å²) < 4.78 is 50.6. The molecule has 1 saturated heterocycles. The van der Waals surface area contributed by atoms with E-state index in [0.29, 0.717) is 0 Å².